The van der Waals surface area contributed by atoms with Crippen molar-refractivity contribution in [3.8, 4) is 0 Å². The number of hydrogen-bond donors (Lipinski definition) is 3. The largest absolute Gasteiger partial charge is 0.391 e. The topological polar surface area (TPSA) is 78.4 Å². The molecule has 19 heavy (non-hydrogen) atoms. The summed E-state index contributed by atoms with van der Waals surface area (Å²) in [7, 11) is 0. The third-order valence-corrected chi connectivity index (χ3v) is 4.24. The Kier molecular flexibility index (Phi) is 4.45. The van der Waals surface area contributed by atoms with Crippen molar-refractivity contribution in [1.29, 1.82) is 0 Å². The van der Waals surface area contributed by atoms with Gasteiger partial charge in [0.1, 0.15) is 6.04 Å². The molecule has 2 aliphatic rings. The Morgan fingerprint density at radius 3 is 2.16 bits per heavy atom. The van der Waals surface area contributed by atoms with Gasteiger partial charge in [-0.15, -0.1) is 0 Å². The summed E-state index contributed by atoms with van der Waals surface area (Å²) in [5.74, 6) is 0.191. The monoisotopic (exact) mass is 268 g/mol. The molecule has 0 saturated heterocycles. The lowest BCUT2D eigenvalue weighted by molar-refractivity contribution is -0.132. The van der Waals surface area contributed by atoms with Gasteiger partial charge in [-0.3, -0.25) is 9.59 Å². The highest BCUT2D eigenvalue weighted by Gasteiger charge is 2.35. The van der Waals surface area contributed by atoms with Crippen LogP contribution in [-0.4, -0.2) is 35.1 Å². The second-order valence-corrected chi connectivity index (χ2v) is 5.99. The number of carbonyl (C=O) groups is 2. The van der Waals surface area contributed by atoms with Crippen LogP contribution in [0.5, 0.6) is 0 Å². The van der Waals surface area contributed by atoms with E-state index in [-0.39, 0.29) is 23.8 Å². The van der Waals surface area contributed by atoms with Gasteiger partial charge in [-0.1, -0.05) is 6.42 Å². The lowest BCUT2D eigenvalue weighted by Gasteiger charge is -2.33. The number of aliphatic hydroxyl groups is 1. The van der Waals surface area contributed by atoms with Crippen LogP contribution in [-0.2, 0) is 9.59 Å². The van der Waals surface area contributed by atoms with Gasteiger partial charge >= 0.3 is 0 Å². The molecular formula is C14H24N2O3. The van der Waals surface area contributed by atoms with Gasteiger partial charge in [0, 0.05) is 12.0 Å². The predicted octanol–water partition coefficient (Wildman–Crippen LogP) is 0.567. The van der Waals surface area contributed by atoms with Gasteiger partial charge in [-0.2, -0.15) is 0 Å². The van der Waals surface area contributed by atoms with Crippen LogP contribution >= 0.6 is 0 Å². The van der Waals surface area contributed by atoms with Crippen LogP contribution < -0.4 is 10.6 Å². The van der Waals surface area contributed by atoms with Crippen molar-refractivity contribution >= 4 is 11.8 Å². The molecule has 2 fully saturated rings. The molecule has 0 heterocycles. The highest BCUT2D eigenvalue weighted by Crippen LogP contribution is 2.30. The van der Waals surface area contributed by atoms with Crippen LogP contribution in [0, 0.1) is 11.8 Å². The SMILES string of the molecule is CC(O)C(NC(=O)C1CC1)C(=O)NC(C)C1CCC1. The van der Waals surface area contributed by atoms with Gasteiger partial charge in [-0.25, -0.2) is 0 Å². The number of nitrogens with one attached hydrogen (secondary N) is 2. The molecule has 3 unspecified atom stereocenters. The molecule has 0 spiro atoms. The Balaban J connectivity index is 1.85. The summed E-state index contributed by atoms with van der Waals surface area (Å²) in [6.07, 6.45) is 4.42. The van der Waals surface area contributed by atoms with Crippen molar-refractivity contribution in [2.45, 2.75) is 64.1 Å². The molecule has 3 N–H and O–H groups in total. The number of rotatable bonds is 6. The van der Waals surface area contributed by atoms with Crippen LogP contribution in [0.2, 0.25) is 0 Å². The molecule has 5 nitrogen and oxygen atoms in total. The number of hydrogen-bond acceptors (Lipinski definition) is 3. The zero-order chi connectivity index (χ0) is 14.0. The fourth-order valence-electron chi connectivity index (χ4n) is 2.39. The minimum Gasteiger partial charge on any atom is -0.391 e. The molecule has 0 aromatic rings. The third kappa shape index (κ3) is 3.69. The van der Waals surface area contributed by atoms with Crippen LogP contribution in [0.15, 0.2) is 0 Å². The number of carbonyl (C=O) groups excluding carboxylic acids is 2. The zero-order valence-corrected chi connectivity index (χ0v) is 11.7. The summed E-state index contributed by atoms with van der Waals surface area (Å²) in [6, 6.07) is -0.726. The maximum Gasteiger partial charge on any atom is 0.245 e. The predicted molar refractivity (Wildman–Crippen MR) is 71.3 cm³/mol. The quantitative estimate of drug-likeness (QED) is 0.659. The first-order valence-corrected chi connectivity index (χ1v) is 7.28. The fourth-order valence-corrected chi connectivity index (χ4v) is 2.39. The molecule has 108 valence electrons. The van der Waals surface area contributed by atoms with Crippen molar-refractivity contribution in [2.75, 3.05) is 0 Å². The van der Waals surface area contributed by atoms with E-state index in [1.807, 2.05) is 6.92 Å². The maximum atomic E-state index is 12.1. The Morgan fingerprint density at radius 2 is 1.74 bits per heavy atom. The molecular weight excluding hydrogens is 244 g/mol. The second kappa shape index (κ2) is 5.90. The summed E-state index contributed by atoms with van der Waals surface area (Å²) in [5.41, 5.74) is 0. The van der Waals surface area contributed by atoms with E-state index in [2.05, 4.69) is 10.6 Å². The molecule has 2 saturated carbocycles. The van der Waals surface area contributed by atoms with Crippen LogP contribution in [0.4, 0.5) is 0 Å². The van der Waals surface area contributed by atoms with E-state index in [9.17, 15) is 14.7 Å². The molecule has 0 bridgehead atoms. The van der Waals surface area contributed by atoms with Gasteiger partial charge in [-0.05, 0) is 45.4 Å². The molecule has 3 atom stereocenters. The molecule has 0 radical (unpaired) electrons. The van der Waals surface area contributed by atoms with Crippen LogP contribution in [0.3, 0.4) is 0 Å². The van der Waals surface area contributed by atoms with Crippen molar-refractivity contribution in [3.63, 3.8) is 0 Å². The number of amides is 2. The Morgan fingerprint density at radius 1 is 1.11 bits per heavy atom. The minimum atomic E-state index is -0.878. The zero-order valence-electron chi connectivity index (χ0n) is 11.7. The summed E-state index contributed by atoms with van der Waals surface area (Å²) in [4.78, 5) is 23.8. The lowest BCUT2D eigenvalue weighted by Crippen LogP contribution is -2.55. The number of aliphatic hydroxyl groups excluding tert-OH is 1. The second-order valence-electron chi connectivity index (χ2n) is 5.99. The molecule has 0 aromatic carbocycles. The molecule has 2 rings (SSSR count). The summed E-state index contributed by atoms with van der Waals surface area (Å²) < 4.78 is 0. The first-order valence-electron chi connectivity index (χ1n) is 7.28. The van der Waals surface area contributed by atoms with Crippen molar-refractivity contribution in [2.24, 2.45) is 11.8 Å². The van der Waals surface area contributed by atoms with E-state index in [4.69, 9.17) is 0 Å². The average molecular weight is 268 g/mol. The summed E-state index contributed by atoms with van der Waals surface area (Å²) in [6.45, 7) is 3.52. The van der Waals surface area contributed by atoms with Gasteiger partial charge in [0.05, 0.1) is 6.10 Å². The van der Waals surface area contributed by atoms with E-state index in [0.717, 1.165) is 25.7 Å². The van der Waals surface area contributed by atoms with Gasteiger partial charge in [0.15, 0.2) is 0 Å². The van der Waals surface area contributed by atoms with E-state index in [1.54, 1.807) is 0 Å². The standard InChI is InChI=1S/C14H24N2O3/c1-8(10-4-3-5-10)15-14(19)12(9(2)17)16-13(18)11-6-7-11/h8-12,17H,3-7H2,1-2H3,(H,15,19)(H,16,18). The average Bonchev–Trinajstić information content (AvgIpc) is 3.05. The van der Waals surface area contributed by atoms with Gasteiger partial charge in [0.2, 0.25) is 11.8 Å². The Hall–Kier alpha value is -1.10. The first kappa shape index (κ1) is 14.3. The minimum absolute atomic E-state index is 0.0399. The molecule has 5 heteroatoms. The summed E-state index contributed by atoms with van der Waals surface area (Å²) in [5, 5.41) is 15.3. The first-order chi connectivity index (χ1) is 8.99. The van der Waals surface area contributed by atoms with E-state index in [1.165, 1.54) is 13.3 Å². The molecule has 0 aliphatic heterocycles. The normalized spacial score (nSPS) is 23.9. The van der Waals surface area contributed by atoms with Crippen molar-refractivity contribution in [3.05, 3.63) is 0 Å². The van der Waals surface area contributed by atoms with Crippen LogP contribution in [0.1, 0.15) is 46.0 Å². The summed E-state index contributed by atoms with van der Waals surface area (Å²) >= 11 is 0. The molecule has 2 aliphatic carbocycles. The third-order valence-electron chi connectivity index (χ3n) is 4.24. The lowest BCUT2D eigenvalue weighted by atomic mass is 9.80. The Bertz CT molecular complexity index is 349. The Labute approximate surface area is 114 Å². The smallest absolute Gasteiger partial charge is 0.245 e. The van der Waals surface area contributed by atoms with Crippen LogP contribution in [0.25, 0.3) is 0 Å². The fraction of sp³-hybridized carbons (Fsp3) is 0.857. The maximum absolute atomic E-state index is 12.1. The molecule has 0 aromatic heterocycles. The highest BCUT2D eigenvalue weighted by molar-refractivity contribution is 5.89. The van der Waals surface area contributed by atoms with E-state index >= 15 is 0 Å². The van der Waals surface area contributed by atoms with E-state index < -0.39 is 12.1 Å². The van der Waals surface area contributed by atoms with Crippen molar-refractivity contribution in [1.82, 2.24) is 10.6 Å². The highest BCUT2D eigenvalue weighted by atomic mass is 16.3. The van der Waals surface area contributed by atoms with Crippen molar-refractivity contribution < 1.29 is 14.7 Å². The molecule has 2 amide bonds. The van der Waals surface area contributed by atoms with E-state index in [0.29, 0.717) is 5.92 Å². The van der Waals surface area contributed by atoms with Gasteiger partial charge < -0.3 is 15.7 Å². The van der Waals surface area contributed by atoms with Gasteiger partial charge in [0.25, 0.3) is 0 Å².